The number of hydrogen-bond donors (Lipinski definition) is 1. The summed E-state index contributed by atoms with van der Waals surface area (Å²) < 4.78 is 5.58. The first-order valence-corrected chi connectivity index (χ1v) is 12.3. The molecule has 32 heavy (non-hydrogen) atoms. The zero-order chi connectivity index (χ0) is 21.3. The summed E-state index contributed by atoms with van der Waals surface area (Å²) in [5, 5.41) is 4.84. The third-order valence-electron chi connectivity index (χ3n) is 6.42. The van der Waals surface area contributed by atoms with E-state index in [1.165, 1.54) is 11.1 Å². The van der Waals surface area contributed by atoms with Crippen LogP contribution in [-0.4, -0.2) is 77.7 Å². The third kappa shape index (κ3) is 3.89. The van der Waals surface area contributed by atoms with Crippen molar-refractivity contribution in [3.8, 4) is 0 Å². The molecule has 1 N–H and O–H groups in total. The zero-order valence-corrected chi connectivity index (χ0v) is 18.9. The minimum atomic E-state index is 0.468. The quantitative estimate of drug-likeness (QED) is 0.601. The van der Waals surface area contributed by atoms with E-state index < -0.39 is 0 Å². The molecular formula is C23H27N7OS. The van der Waals surface area contributed by atoms with Gasteiger partial charge in [0.2, 0.25) is 5.95 Å². The Balaban J connectivity index is 1.39. The second-order valence-corrected chi connectivity index (χ2v) is 9.77. The molecule has 2 saturated heterocycles. The SMILES string of the molecule is c1ccc2c(c1)CC(Sc1ncnc3c(N4CCOCC4)nc(N4CCNCC4)nc13)C2. The van der Waals surface area contributed by atoms with Crippen LogP contribution in [0.4, 0.5) is 11.8 Å². The molecule has 8 nitrogen and oxygen atoms in total. The summed E-state index contributed by atoms with van der Waals surface area (Å²) in [7, 11) is 0. The topological polar surface area (TPSA) is 79.3 Å². The fraction of sp³-hybridized carbons (Fsp3) is 0.478. The van der Waals surface area contributed by atoms with Gasteiger partial charge < -0.3 is 19.9 Å². The Kier molecular flexibility index (Phi) is 5.54. The summed E-state index contributed by atoms with van der Waals surface area (Å²) in [6, 6.07) is 8.76. The van der Waals surface area contributed by atoms with E-state index in [4.69, 9.17) is 19.7 Å². The third-order valence-corrected chi connectivity index (χ3v) is 7.61. The average Bonchev–Trinajstić information content (AvgIpc) is 3.27. The molecule has 2 aliphatic heterocycles. The maximum absolute atomic E-state index is 5.58. The second-order valence-electron chi connectivity index (χ2n) is 8.48. The van der Waals surface area contributed by atoms with Gasteiger partial charge in [0, 0.05) is 44.5 Å². The number of nitrogens with zero attached hydrogens (tertiary/aromatic N) is 6. The van der Waals surface area contributed by atoms with Crippen LogP contribution in [0.3, 0.4) is 0 Å². The predicted octanol–water partition coefficient (Wildman–Crippen LogP) is 1.93. The van der Waals surface area contributed by atoms with Crippen LogP contribution < -0.4 is 15.1 Å². The van der Waals surface area contributed by atoms with E-state index >= 15 is 0 Å². The van der Waals surface area contributed by atoms with Gasteiger partial charge in [-0.2, -0.15) is 4.98 Å². The van der Waals surface area contributed by atoms with Crippen molar-refractivity contribution in [3.63, 3.8) is 0 Å². The van der Waals surface area contributed by atoms with Gasteiger partial charge >= 0.3 is 0 Å². The normalized spacial score (nSPS) is 19.5. The van der Waals surface area contributed by atoms with Crippen molar-refractivity contribution < 1.29 is 4.74 Å². The van der Waals surface area contributed by atoms with Gasteiger partial charge in [-0.05, 0) is 24.0 Å². The molecule has 0 atom stereocenters. The predicted molar refractivity (Wildman–Crippen MR) is 127 cm³/mol. The van der Waals surface area contributed by atoms with Crippen molar-refractivity contribution in [2.75, 3.05) is 62.3 Å². The van der Waals surface area contributed by atoms with E-state index in [-0.39, 0.29) is 0 Å². The number of ether oxygens (including phenoxy) is 1. The van der Waals surface area contributed by atoms with Gasteiger partial charge in [0.25, 0.3) is 0 Å². The molecule has 1 aromatic carbocycles. The molecule has 3 aromatic rings. The lowest BCUT2D eigenvalue weighted by Crippen LogP contribution is -2.44. The summed E-state index contributed by atoms with van der Waals surface area (Å²) in [5.74, 6) is 1.69. The number of hydrogen-bond acceptors (Lipinski definition) is 9. The maximum atomic E-state index is 5.58. The molecule has 0 saturated carbocycles. The number of benzene rings is 1. The van der Waals surface area contributed by atoms with Crippen molar-refractivity contribution in [3.05, 3.63) is 41.7 Å². The molecule has 1 aliphatic carbocycles. The number of piperazine rings is 1. The molecule has 3 aliphatic rings. The van der Waals surface area contributed by atoms with Crippen molar-refractivity contribution in [1.29, 1.82) is 0 Å². The van der Waals surface area contributed by atoms with Crippen LogP contribution in [0, 0.1) is 0 Å². The molecule has 2 fully saturated rings. The van der Waals surface area contributed by atoms with Gasteiger partial charge in [0.15, 0.2) is 5.82 Å². The monoisotopic (exact) mass is 449 g/mol. The number of aromatic nitrogens is 4. The molecule has 4 heterocycles. The highest BCUT2D eigenvalue weighted by Crippen LogP contribution is 2.37. The van der Waals surface area contributed by atoms with E-state index in [1.54, 1.807) is 6.33 Å². The van der Waals surface area contributed by atoms with Crippen molar-refractivity contribution in [2.24, 2.45) is 0 Å². The van der Waals surface area contributed by atoms with Crippen molar-refractivity contribution in [1.82, 2.24) is 25.3 Å². The van der Waals surface area contributed by atoms with Crippen LogP contribution in [-0.2, 0) is 17.6 Å². The van der Waals surface area contributed by atoms with Gasteiger partial charge in [0.1, 0.15) is 22.4 Å². The maximum Gasteiger partial charge on any atom is 0.228 e. The molecule has 166 valence electrons. The molecule has 0 unspecified atom stereocenters. The van der Waals surface area contributed by atoms with E-state index in [0.29, 0.717) is 18.5 Å². The number of fused-ring (bicyclic) bond motifs is 2. The Bertz CT molecular complexity index is 1090. The number of morpholine rings is 1. The van der Waals surface area contributed by atoms with Crippen LogP contribution in [0.1, 0.15) is 11.1 Å². The number of thioether (sulfide) groups is 1. The zero-order valence-electron chi connectivity index (χ0n) is 18.0. The number of rotatable bonds is 4. The highest BCUT2D eigenvalue weighted by molar-refractivity contribution is 8.00. The van der Waals surface area contributed by atoms with Gasteiger partial charge in [-0.25, -0.2) is 15.0 Å². The molecule has 2 aromatic heterocycles. The fourth-order valence-corrected chi connectivity index (χ4v) is 5.95. The molecule has 0 spiro atoms. The molecule has 0 radical (unpaired) electrons. The van der Waals surface area contributed by atoms with Gasteiger partial charge in [-0.3, -0.25) is 0 Å². The van der Waals surface area contributed by atoms with Gasteiger partial charge in [0.05, 0.1) is 13.2 Å². The first kappa shape index (κ1) is 20.1. The molecule has 6 rings (SSSR count). The Morgan fingerprint density at radius 1 is 0.875 bits per heavy atom. The molecule has 9 heteroatoms. The van der Waals surface area contributed by atoms with Crippen molar-refractivity contribution in [2.45, 2.75) is 23.1 Å². The lowest BCUT2D eigenvalue weighted by atomic mass is 10.1. The van der Waals surface area contributed by atoms with Crippen LogP contribution >= 0.6 is 11.8 Å². The Labute approximate surface area is 191 Å². The first-order valence-electron chi connectivity index (χ1n) is 11.4. The summed E-state index contributed by atoms with van der Waals surface area (Å²) in [5.41, 5.74) is 4.62. The lowest BCUT2D eigenvalue weighted by Gasteiger charge is -2.31. The van der Waals surface area contributed by atoms with Crippen molar-refractivity contribution >= 4 is 34.6 Å². The standard InChI is InChI=1S/C23H27N7OS/c1-2-4-17-14-18(13-16(17)3-1)32-22-20-19(25-15-26-22)21(29-9-11-31-12-10-29)28-23(27-20)30-7-5-24-6-8-30/h1-4,15,18,24H,5-14H2. The minimum Gasteiger partial charge on any atom is -0.378 e. The fourth-order valence-electron chi connectivity index (χ4n) is 4.75. The van der Waals surface area contributed by atoms with Crippen LogP contribution in [0.15, 0.2) is 35.6 Å². The average molecular weight is 450 g/mol. The highest BCUT2D eigenvalue weighted by atomic mass is 32.2. The van der Waals surface area contributed by atoms with E-state index in [2.05, 4.69) is 44.4 Å². The Morgan fingerprint density at radius 2 is 1.62 bits per heavy atom. The van der Waals surface area contributed by atoms with E-state index in [1.807, 2.05) is 11.8 Å². The van der Waals surface area contributed by atoms with Gasteiger partial charge in [-0.1, -0.05) is 36.0 Å². The molecule has 0 amide bonds. The highest BCUT2D eigenvalue weighted by Gasteiger charge is 2.26. The minimum absolute atomic E-state index is 0.468. The molecular weight excluding hydrogens is 422 g/mol. The van der Waals surface area contributed by atoms with E-state index in [9.17, 15) is 0 Å². The summed E-state index contributed by atoms with van der Waals surface area (Å²) in [6.45, 7) is 6.76. The smallest absolute Gasteiger partial charge is 0.228 e. The van der Waals surface area contributed by atoms with Crippen LogP contribution in [0.5, 0.6) is 0 Å². The molecule has 0 bridgehead atoms. The number of anilines is 2. The van der Waals surface area contributed by atoms with Gasteiger partial charge in [-0.15, -0.1) is 0 Å². The van der Waals surface area contributed by atoms with E-state index in [0.717, 1.165) is 79.9 Å². The first-order chi connectivity index (χ1) is 15.8. The summed E-state index contributed by atoms with van der Waals surface area (Å²) >= 11 is 1.83. The Hall–Kier alpha value is -2.49. The van der Waals surface area contributed by atoms with Crippen LogP contribution in [0.25, 0.3) is 11.0 Å². The summed E-state index contributed by atoms with van der Waals surface area (Å²) in [6.07, 6.45) is 3.81. The second kappa shape index (κ2) is 8.80. The summed E-state index contributed by atoms with van der Waals surface area (Å²) in [4.78, 5) is 23.9. The lowest BCUT2D eigenvalue weighted by molar-refractivity contribution is 0.122. The number of nitrogens with one attached hydrogen (secondary N) is 1. The Morgan fingerprint density at radius 3 is 2.38 bits per heavy atom. The largest absolute Gasteiger partial charge is 0.378 e. The van der Waals surface area contributed by atoms with Crippen LogP contribution in [0.2, 0.25) is 0 Å².